The predicted molar refractivity (Wildman–Crippen MR) is 73.6 cm³/mol. The van der Waals surface area contributed by atoms with Gasteiger partial charge in [-0.1, -0.05) is 24.3 Å². The molecule has 6 nitrogen and oxygen atoms in total. The van der Waals surface area contributed by atoms with Crippen LogP contribution in [0.5, 0.6) is 0 Å². The van der Waals surface area contributed by atoms with Gasteiger partial charge in [0.25, 0.3) is 0 Å². The van der Waals surface area contributed by atoms with Gasteiger partial charge in [0.1, 0.15) is 6.33 Å². The fourth-order valence-electron chi connectivity index (χ4n) is 1.66. The van der Waals surface area contributed by atoms with Crippen LogP contribution in [0.15, 0.2) is 36.8 Å². The molecule has 1 aromatic heterocycles. The molecule has 2 N–H and O–H groups in total. The van der Waals surface area contributed by atoms with Gasteiger partial charge >= 0.3 is 10.2 Å². The highest BCUT2D eigenvalue weighted by molar-refractivity contribution is 7.87. The highest BCUT2D eigenvalue weighted by atomic mass is 32.2. The van der Waals surface area contributed by atoms with E-state index >= 15 is 0 Å². The standard InChI is InChI=1S/C12H16N4O2S/c1-15(2)19(17,18)16-9-14-8-12(16)11-5-3-10(7-13)4-6-11/h3-6,8-9H,7,13H2,1-2H3. The Morgan fingerprint density at radius 3 is 2.42 bits per heavy atom. The first-order valence-corrected chi connectivity index (χ1v) is 7.11. The van der Waals surface area contributed by atoms with Gasteiger partial charge in [-0.25, -0.2) is 8.96 Å². The summed E-state index contributed by atoms with van der Waals surface area (Å²) in [7, 11) is -0.600. The van der Waals surface area contributed by atoms with Crippen LogP contribution in [0.2, 0.25) is 0 Å². The second-order valence-corrected chi connectivity index (χ2v) is 6.29. The Hall–Kier alpha value is -1.70. The van der Waals surface area contributed by atoms with Crippen LogP contribution in [0.1, 0.15) is 5.56 Å². The molecule has 0 unspecified atom stereocenters. The van der Waals surface area contributed by atoms with E-state index in [9.17, 15) is 8.42 Å². The summed E-state index contributed by atoms with van der Waals surface area (Å²) in [6, 6.07) is 7.41. The normalized spacial score (nSPS) is 12.0. The van der Waals surface area contributed by atoms with Crippen molar-refractivity contribution in [2.75, 3.05) is 14.1 Å². The van der Waals surface area contributed by atoms with E-state index in [-0.39, 0.29) is 0 Å². The van der Waals surface area contributed by atoms with E-state index in [0.29, 0.717) is 12.2 Å². The number of nitrogens with zero attached hydrogens (tertiary/aromatic N) is 3. The first kappa shape index (κ1) is 13.7. The monoisotopic (exact) mass is 280 g/mol. The summed E-state index contributed by atoms with van der Waals surface area (Å²) in [6.45, 7) is 0.454. The summed E-state index contributed by atoms with van der Waals surface area (Å²) >= 11 is 0. The van der Waals surface area contributed by atoms with E-state index in [4.69, 9.17) is 5.73 Å². The summed E-state index contributed by atoms with van der Waals surface area (Å²) in [5, 5.41) is 0. The summed E-state index contributed by atoms with van der Waals surface area (Å²) in [4.78, 5) is 3.92. The van der Waals surface area contributed by atoms with E-state index in [1.165, 1.54) is 26.6 Å². The average molecular weight is 280 g/mol. The maximum Gasteiger partial charge on any atom is 0.308 e. The lowest BCUT2D eigenvalue weighted by atomic mass is 10.1. The van der Waals surface area contributed by atoms with Crippen LogP contribution in [0.25, 0.3) is 11.3 Å². The summed E-state index contributed by atoms with van der Waals surface area (Å²) < 4.78 is 26.6. The van der Waals surface area contributed by atoms with Crippen LogP contribution in [0, 0.1) is 0 Å². The fraction of sp³-hybridized carbons (Fsp3) is 0.250. The largest absolute Gasteiger partial charge is 0.326 e. The zero-order valence-electron chi connectivity index (χ0n) is 10.8. The minimum Gasteiger partial charge on any atom is -0.326 e. The SMILES string of the molecule is CN(C)S(=O)(=O)n1cncc1-c1ccc(CN)cc1. The molecule has 0 radical (unpaired) electrons. The zero-order valence-corrected chi connectivity index (χ0v) is 11.6. The minimum absolute atomic E-state index is 0.454. The molecule has 0 aliphatic heterocycles. The number of hydrogen-bond acceptors (Lipinski definition) is 4. The molecule has 0 amide bonds. The number of imidazole rings is 1. The summed E-state index contributed by atoms with van der Waals surface area (Å²) in [5.74, 6) is 0. The number of nitrogens with two attached hydrogens (primary N) is 1. The molecular weight excluding hydrogens is 264 g/mol. The van der Waals surface area contributed by atoms with Crippen molar-refractivity contribution in [3.8, 4) is 11.3 Å². The lowest BCUT2D eigenvalue weighted by Gasteiger charge is -2.14. The Balaban J connectivity index is 2.50. The molecule has 1 heterocycles. The second-order valence-electron chi connectivity index (χ2n) is 4.27. The molecule has 7 heteroatoms. The van der Waals surface area contributed by atoms with Crippen molar-refractivity contribution < 1.29 is 8.42 Å². The highest BCUT2D eigenvalue weighted by Crippen LogP contribution is 2.21. The van der Waals surface area contributed by atoms with Crippen LogP contribution < -0.4 is 5.73 Å². The number of hydrogen-bond donors (Lipinski definition) is 1. The third kappa shape index (κ3) is 2.53. The van der Waals surface area contributed by atoms with Crippen molar-refractivity contribution in [3.05, 3.63) is 42.4 Å². The number of rotatable bonds is 4. The van der Waals surface area contributed by atoms with Crippen molar-refractivity contribution in [3.63, 3.8) is 0 Å². The molecule has 0 aliphatic rings. The topological polar surface area (TPSA) is 81.2 Å². The third-order valence-electron chi connectivity index (χ3n) is 2.80. The van der Waals surface area contributed by atoms with Gasteiger partial charge in [0.15, 0.2) is 0 Å². The van der Waals surface area contributed by atoms with Gasteiger partial charge in [0, 0.05) is 26.2 Å². The Morgan fingerprint density at radius 2 is 1.89 bits per heavy atom. The van der Waals surface area contributed by atoms with Crippen LogP contribution in [0.3, 0.4) is 0 Å². The second kappa shape index (κ2) is 5.12. The number of benzene rings is 1. The predicted octanol–water partition coefficient (Wildman–Crippen LogP) is 0.663. The van der Waals surface area contributed by atoms with Gasteiger partial charge in [-0.15, -0.1) is 0 Å². The lowest BCUT2D eigenvalue weighted by molar-refractivity contribution is 0.511. The first-order chi connectivity index (χ1) is 8.96. The van der Waals surface area contributed by atoms with Crippen molar-refractivity contribution in [2.24, 2.45) is 5.73 Å². The minimum atomic E-state index is -3.57. The quantitative estimate of drug-likeness (QED) is 0.892. The molecule has 0 saturated heterocycles. The molecule has 2 rings (SSSR count). The molecule has 0 aliphatic carbocycles. The molecule has 0 spiro atoms. The van der Waals surface area contributed by atoms with Gasteiger partial charge in [0.2, 0.25) is 0 Å². The Kier molecular flexibility index (Phi) is 3.70. The van der Waals surface area contributed by atoms with Gasteiger partial charge in [-0.2, -0.15) is 12.7 Å². The number of aromatic nitrogens is 2. The van der Waals surface area contributed by atoms with Crippen molar-refractivity contribution in [1.82, 2.24) is 13.3 Å². The molecular formula is C12H16N4O2S. The maximum absolute atomic E-state index is 12.1. The molecule has 0 bridgehead atoms. The first-order valence-electron chi connectivity index (χ1n) is 5.71. The van der Waals surface area contributed by atoms with Crippen LogP contribution in [-0.4, -0.2) is 35.8 Å². The van der Waals surface area contributed by atoms with E-state index in [1.807, 2.05) is 24.3 Å². The van der Waals surface area contributed by atoms with Crippen LogP contribution in [0.4, 0.5) is 0 Å². The van der Waals surface area contributed by atoms with E-state index in [1.54, 1.807) is 0 Å². The van der Waals surface area contributed by atoms with E-state index < -0.39 is 10.2 Å². The van der Waals surface area contributed by atoms with Gasteiger partial charge < -0.3 is 5.73 Å². The van der Waals surface area contributed by atoms with Gasteiger partial charge in [-0.3, -0.25) is 0 Å². The van der Waals surface area contributed by atoms with E-state index in [0.717, 1.165) is 19.4 Å². The maximum atomic E-state index is 12.1. The fourth-order valence-corrected chi connectivity index (χ4v) is 2.58. The molecule has 2 aromatic rings. The van der Waals surface area contributed by atoms with Gasteiger partial charge in [-0.05, 0) is 5.56 Å². The molecule has 1 aromatic carbocycles. The van der Waals surface area contributed by atoms with Crippen LogP contribution in [-0.2, 0) is 16.8 Å². The summed E-state index contributed by atoms with van der Waals surface area (Å²) in [6.07, 6.45) is 2.82. The molecule has 0 saturated carbocycles. The van der Waals surface area contributed by atoms with Crippen molar-refractivity contribution in [1.29, 1.82) is 0 Å². The smallest absolute Gasteiger partial charge is 0.308 e. The molecule has 102 valence electrons. The zero-order chi connectivity index (χ0) is 14.0. The molecule has 19 heavy (non-hydrogen) atoms. The van der Waals surface area contributed by atoms with E-state index in [2.05, 4.69) is 4.98 Å². The molecule has 0 fully saturated rings. The molecule has 0 atom stereocenters. The van der Waals surface area contributed by atoms with Crippen LogP contribution >= 0.6 is 0 Å². The highest BCUT2D eigenvalue weighted by Gasteiger charge is 2.20. The lowest BCUT2D eigenvalue weighted by Crippen LogP contribution is -2.28. The Morgan fingerprint density at radius 1 is 1.26 bits per heavy atom. The van der Waals surface area contributed by atoms with Gasteiger partial charge in [0.05, 0.1) is 11.9 Å². The Labute approximate surface area is 112 Å². The van der Waals surface area contributed by atoms with Crippen molar-refractivity contribution in [2.45, 2.75) is 6.54 Å². The van der Waals surface area contributed by atoms with Crippen molar-refractivity contribution >= 4 is 10.2 Å². The Bertz CT molecular complexity index is 659. The third-order valence-corrected chi connectivity index (χ3v) is 4.51. The summed E-state index contributed by atoms with van der Waals surface area (Å²) in [5.41, 5.74) is 7.83. The average Bonchev–Trinajstić information content (AvgIpc) is 2.88.